The van der Waals surface area contributed by atoms with Crippen molar-refractivity contribution in [2.24, 2.45) is 0 Å². The zero-order chi connectivity index (χ0) is 20.9. The third-order valence-electron chi connectivity index (χ3n) is 4.39. The van der Waals surface area contributed by atoms with Gasteiger partial charge in [-0.2, -0.15) is 0 Å². The van der Waals surface area contributed by atoms with E-state index in [1.165, 1.54) is 22.6 Å². The van der Waals surface area contributed by atoms with Crippen molar-refractivity contribution < 1.29 is 13.2 Å². The van der Waals surface area contributed by atoms with Gasteiger partial charge in [-0.15, -0.1) is 11.3 Å². The number of anilines is 1. The van der Waals surface area contributed by atoms with Crippen LogP contribution in [-0.4, -0.2) is 20.9 Å². The fourth-order valence-electron chi connectivity index (χ4n) is 2.95. The molecule has 2 aromatic carbocycles. The van der Waals surface area contributed by atoms with Gasteiger partial charge in [0.15, 0.2) is 0 Å². The van der Waals surface area contributed by atoms with E-state index in [-0.39, 0.29) is 12.5 Å². The molecule has 1 N–H and O–H groups in total. The number of carbonyl (C=O) groups excluding carboxylic acids is 1. The number of hydrogen-bond acceptors (Lipinski definition) is 4. The van der Waals surface area contributed by atoms with Crippen LogP contribution in [-0.2, 0) is 27.8 Å². The summed E-state index contributed by atoms with van der Waals surface area (Å²) in [7, 11) is -3.73. The molecule has 5 nitrogen and oxygen atoms in total. The molecule has 1 aromatic heterocycles. The summed E-state index contributed by atoms with van der Waals surface area (Å²) in [4.78, 5) is 12.0. The smallest absolute Gasteiger partial charge is 0.274 e. The Hall–Kier alpha value is -2.64. The first-order chi connectivity index (χ1) is 13.9. The minimum atomic E-state index is -3.73. The minimum Gasteiger partial charge on any atom is -0.356 e. The molecular weight excluding hydrogens is 404 g/mol. The van der Waals surface area contributed by atoms with Crippen LogP contribution in [0.15, 0.2) is 70.9 Å². The van der Waals surface area contributed by atoms with Gasteiger partial charge in [0.05, 0.1) is 12.2 Å². The molecule has 0 radical (unpaired) electrons. The van der Waals surface area contributed by atoms with Crippen LogP contribution in [0.5, 0.6) is 0 Å². The van der Waals surface area contributed by atoms with Crippen molar-refractivity contribution in [3.63, 3.8) is 0 Å². The molecule has 3 aromatic rings. The number of hydrogen-bond donors (Lipinski definition) is 1. The van der Waals surface area contributed by atoms with Gasteiger partial charge in [-0.05, 0) is 48.7 Å². The molecule has 29 heavy (non-hydrogen) atoms. The average molecular weight is 429 g/mol. The number of benzene rings is 2. The molecule has 0 bridgehead atoms. The fourth-order valence-corrected chi connectivity index (χ4v) is 5.86. The van der Waals surface area contributed by atoms with Crippen LogP contribution < -0.4 is 9.62 Å². The molecule has 0 aliphatic rings. The van der Waals surface area contributed by atoms with Crippen LogP contribution in [0.4, 0.5) is 5.69 Å². The van der Waals surface area contributed by atoms with Gasteiger partial charge in [0.1, 0.15) is 4.21 Å². The Morgan fingerprint density at radius 1 is 1.03 bits per heavy atom. The largest absolute Gasteiger partial charge is 0.356 e. The van der Waals surface area contributed by atoms with E-state index in [1.807, 2.05) is 67.6 Å². The summed E-state index contributed by atoms with van der Waals surface area (Å²) >= 11 is 1.25. The van der Waals surface area contributed by atoms with Gasteiger partial charge in [0.25, 0.3) is 10.0 Å². The number of nitrogens with zero attached hydrogens (tertiary/aromatic N) is 1. The number of thiophene rings is 1. The summed E-state index contributed by atoms with van der Waals surface area (Å²) in [5, 5.41) is 2.74. The number of carbonyl (C=O) groups is 1. The molecule has 0 saturated carbocycles. The molecule has 0 atom stereocenters. The lowest BCUT2D eigenvalue weighted by molar-refractivity contribution is -0.118. The van der Waals surface area contributed by atoms with Crippen LogP contribution >= 0.6 is 11.3 Å². The van der Waals surface area contributed by atoms with Crippen LogP contribution in [0.25, 0.3) is 0 Å². The maximum absolute atomic E-state index is 13.5. The summed E-state index contributed by atoms with van der Waals surface area (Å²) in [6.45, 7) is 4.16. The molecule has 3 rings (SSSR count). The van der Waals surface area contributed by atoms with Crippen LogP contribution in [0, 0.1) is 6.92 Å². The molecule has 1 amide bonds. The standard InChI is InChI=1S/C22H24N2O3S2/c1-17-7-6-10-20(15-17)24(16-19-8-4-3-5-9-19)29(26,27)22-12-11-21(28-22)13-14-23-18(2)25/h3-12,15H,13-14,16H2,1-2H3,(H,23,25). The quantitative estimate of drug-likeness (QED) is 0.587. The van der Waals surface area contributed by atoms with E-state index >= 15 is 0 Å². The Morgan fingerprint density at radius 2 is 1.79 bits per heavy atom. The van der Waals surface area contributed by atoms with Gasteiger partial charge in [-0.1, -0.05) is 42.5 Å². The molecule has 0 unspecified atom stereocenters. The monoisotopic (exact) mass is 428 g/mol. The third-order valence-corrected chi connectivity index (χ3v) is 7.77. The molecular formula is C22H24N2O3S2. The molecule has 0 aliphatic carbocycles. The lowest BCUT2D eigenvalue weighted by Gasteiger charge is -2.24. The number of nitrogens with one attached hydrogen (secondary N) is 1. The molecule has 0 aliphatic heterocycles. The summed E-state index contributed by atoms with van der Waals surface area (Å²) in [6, 6.07) is 20.5. The summed E-state index contributed by atoms with van der Waals surface area (Å²) < 4.78 is 28.8. The van der Waals surface area contributed by atoms with E-state index in [2.05, 4.69) is 5.32 Å². The molecule has 0 fully saturated rings. The predicted octanol–water partition coefficient (Wildman–Crippen LogP) is 4.13. The van der Waals surface area contributed by atoms with Gasteiger partial charge in [0.2, 0.25) is 5.91 Å². The molecule has 152 valence electrons. The van der Waals surface area contributed by atoms with Gasteiger partial charge >= 0.3 is 0 Å². The fraction of sp³-hybridized carbons (Fsp3) is 0.227. The van der Waals surface area contributed by atoms with E-state index in [0.29, 0.717) is 22.9 Å². The summed E-state index contributed by atoms with van der Waals surface area (Å²) in [5.41, 5.74) is 2.56. The van der Waals surface area contributed by atoms with Crippen molar-refractivity contribution in [2.75, 3.05) is 10.8 Å². The van der Waals surface area contributed by atoms with E-state index < -0.39 is 10.0 Å². The van der Waals surface area contributed by atoms with Crippen LogP contribution in [0.3, 0.4) is 0 Å². The maximum atomic E-state index is 13.5. The Morgan fingerprint density at radius 3 is 2.48 bits per heavy atom. The van der Waals surface area contributed by atoms with Crippen molar-refractivity contribution in [3.8, 4) is 0 Å². The highest BCUT2D eigenvalue weighted by Crippen LogP contribution is 2.30. The zero-order valence-corrected chi connectivity index (χ0v) is 18.1. The Labute approximate surface area is 176 Å². The van der Waals surface area contributed by atoms with Crippen molar-refractivity contribution in [2.45, 2.75) is 31.0 Å². The van der Waals surface area contributed by atoms with E-state index in [9.17, 15) is 13.2 Å². The molecule has 0 saturated heterocycles. The zero-order valence-electron chi connectivity index (χ0n) is 16.5. The van der Waals surface area contributed by atoms with E-state index in [1.54, 1.807) is 6.07 Å². The van der Waals surface area contributed by atoms with Gasteiger partial charge in [-0.3, -0.25) is 9.10 Å². The average Bonchev–Trinajstić information content (AvgIpc) is 3.16. The molecule has 1 heterocycles. The van der Waals surface area contributed by atoms with Gasteiger partial charge < -0.3 is 5.32 Å². The SMILES string of the molecule is CC(=O)NCCc1ccc(S(=O)(=O)N(Cc2ccccc2)c2cccc(C)c2)s1. The lowest BCUT2D eigenvalue weighted by Crippen LogP contribution is -2.30. The van der Waals surface area contributed by atoms with Crippen molar-refractivity contribution in [1.29, 1.82) is 0 Å². The number of amides is 1. The maximum Gasteiger partial charge on any atom is 0.274 e. The molecule has 0 spiro atoms. The second-order valence-electron chi connectivity index (χ2n) is 6.79. The first-order valence-corrected chi connectivity index (χ1v) is 11.6. The Bertz CT molecular complexity index is 1080. The van der Waals surface area contributed by atoms with Crippen molar-refractivity contribution in [1.82, 2.24) is 5.32 Å². The third kappa shape index (κ3) is 5.46. The summed E-state index contributed by atoms with van der Waals surface area (Å²) in [5.74, 6) is -0.0946. The van der Waals surface area contributed by atoms with Crippen molar-refractivity contribution in [3.05, 3.63) is 82.7 Å². The number of aryl methyl sites for hydroxylation is 1. The predicted molar refractivity (Wildman–Crippen MR) is 118 cm³/mol. The lowest BCUT2D eigenvalue weighted by atomic mass is 10.2. The van der Waals surface area contributed by atoms with Gasteiger partial charge in [-0.25, -0.2) is 8.42 Å². The van der Waals surface area contributed by atoms with Crippen LogP contribution in [0.2, 0.25) is 0 Å². The number of sulfonamides is 1. The number of rotatable bonds is 8. The normalized spacial score (nSPS) is 11.2. The highest BCUT2D eigenvalue weighted by Gasteiger charge is 2.27. The Kier molecular flexibility index (Phi) is 6.71. The highest BCUT2D eigenvalue weighted by molar-refractivity contribution is 7.94. The van der Waals surface area contributed by atoms with Gasteiger partial charge in [0, 0.05) is 18.3 Å². The van der Waals surface area contributed by atoms with E-state index in [4.69, 9.17) is 0 Å². The van der Waals surface area contributed by atoms with Crippen LogP contribution in [0.1, 0.15) is 22.9 Å². The molecule has 7 heteroatoms. The Balaban J connectivity index is 1.91. The topological polar surface area (TPSA) is 66.5 Å². The van der Waals surface area contributed by atoms with E-state index in [0.717, 1.165) is 16.0 Å². The second kappa shape index (κ2) is 9.24. The highest BCUT2D eigenvalue weighted by atomic mass is 32.2. The van der Waals surface area contributed by atoms with Crippen molar-refractivity contribution >= 4 is 33.0 Å². The summed E-state index contributed by atoms with van der Waals surface area (Å²) in [6.07, 6.45) is 0.600. The second-order valence-corrected chi connectivity index (χ2v) is 10.0. The minimum absolute atomic E-state index is 0.0946. The first-order valence-electron chi connectivity index (χ1n) is 9.33. The first kappa shape index (κ1) is 21.1.